The molecule has 0 aromatic carbocycles. The summed E-state index contributed by atoms with van der Waals surface area (Å²) in [6.07, 6.45) is 9.38. The molecule has 0 spiro atoms. The highest BCUT2D eigenvalue weighted by atomic mass is 16.5. The van der Waals surface area contributed by atoms with Crippen molar-refractivity contribution in [3.8, 4) is 0 Å². The van der Waals surface area contributed by atoms with E-state index in [4.69, 9.17) is 9.47 Å². The summed E-state index contributed by atoms with van der Waals surface area (Å²) in [7, 11) is 0. The van der Waals surface area contributed by atoms with Gasteiger partial charge in [-0.15, -0.1) is 0 Å². The van der Waals surface area contributed by atoms with E-state index < -0.39 is 0 Å². The number of carbonyl (C=O) groups excluding carboxylic acids is 1. The second-order valence-corrected chi connectivity index (χ2v) is 4.82. The minimum atomic E-state index is -0.157. The first-order valence-electron chi connectivity index (χ1n) is 7.01. The highest BCUT2D eigenvalue weighted by molar-refractivity contribution is 5.73. The zero-order valence-electron chi connectivity index (χ0n) is 11.5. The van der Waals surface area contributed by atoms with Crippen molar-refractivity contribution in [2.24, 2.45) is 0 Å². The first-order valence-corrected chi connectivity index (χ1v) is 7.01. The van der Waals surface area contributed by atoms with Gasteiger partial charge in [-0.1, -0.05) is 12.2 Å². The Morgan fingerprint density at radius 2 is 2.26 bits per heavy atom. The van der Waals surface area contributed by atoms with E-state index in [0.29, 0.717) is 19.1 Å². The lowest BCUT2D eigenvalue weighted by molar-refractivity contribution is -0.142. The van der Waals surface area contributed by atoms with Crippen LogP contribution in [-0.4, -0.2) is 31.8 Å². The average molecular weight is 264 g/mol. The van der Waals surface area contributed by atoms with Crippen molar-refractivity contribution in [2.45, 2.75) is 38.6 Å². The molecule has 2 rings (SSSR count). The molecule has 0 aromatic rings. The summed E-state index contributed by atoms with van der Waals surface area (Å²) in [5.74, 6) is -0.157. The van der Waals surface area contributed by atoms with Crippen molar-refractivity contribution in [3.05, 3.63) is 29.8 Å². The SMILES string of the molecule is CCOC(=O)CC1=C(NC2CCOCC2)C[CH]C=C1. The summed E-state index contributed by atoms with van der Waals surface area (Å²) in [6.45, 7) is 3.90. The monoisotopic (exact) mass is 264 g/mol. The second-order valence-electron chi connectivity index (χ2n) is 4.82. The highest BCUT2D eigenvalue weighted by Crippen LogP contribution is 2.21. The van der Waals surface area contributed by atoms with Crippen LogP contribution >= 0.6 is 0 Å². The third kappa shape index (κ3) is 4.39. The van der Waals surface area contributed by atoms with Crippen LogP contribution in [0.2, 0.25) is 0 Å². The third-order valence-corrected chi connectivity index (χ3v) is 3.38. The van der Waals surface area contributed by atoms with Crippen molar-refractivity contribution >= 4 is 5.97 Å². The molecule has 0 unspecified atom stereocenters. The Balaban J connectivity index is 1.97. The molecule has 4 nitrogen and oxygen atoms in total. The molecule has 1 heterocycles. The van der Waals surface area contributed by atoms with Gasteiger partial charge >= 0.3 is 5.97 Å². The molecule has 1 saturated heterocycles. The van der Waals surface area contributed by atoms with E-state index in [-0.39, 0.29) is 5.97 Å². The normalized spacial score (nSPS) is 20.5. The molecule has 4 heteroatoms. The fourth-order valence-corrected chi connectivity index (χ4v) is 2.37. The Kier molecular flexibility index (Phi) is 5.45. The summed E-state index contributed by atoms with van der Waals surface area (Å²) < 4.78 is 10.4. The molecule has 1 aliphatic carbocycles. The van der Waals surface area contributed by atoms with Gasteiger partial charge in [-0.3, -0.25) is 4.79 Å². The molecule has 1 fully saturated rings. The van der Waals surface area contributed by atoms with Crippen molar-refractivity contribution in [2.75, 3.05) is 19.8 Å². The first kappa shape index (κ1) is 14.1. The van der Waals surface area contributed by atoms with E-state index in [9.17, 15) is 4.79 Å². The molecule has 19 heavy (non-hydrogen) atoms. The lowest BCUT2D eigenvalue weighted by Crippen LogP contribution is -2.35. The van der Waals surface area contributed by atoms with Gasteiger partial charge in [0.25, 0.3) is 0 Å². The van der Waals surface area contributed by atoms with E-state index in [1.54, 1.807) is 0 Å². The fraction of sp³-hybridized carbons (Fsp3) is 0.600. The lowest BCUT2D eigenvalue weighted by atomic mass is 9.98. The number of hydrogen-bond acceptors (Lipinski definition) is 4. The minimum Gasteiger partial charge on any atom is -0.466 e. The molecule has 2 aliphatic rings. The van der Waals surface area contributed by atoms with E-state index in [1.165, 1.54) is 0 Å². The number of allylic oxidation sites excluding steroid dienone is 3. The zero-order chi connectivity index (χ0) is 13.5. The summed E-state index contributed by atoms with van der Waals surface area (Å²) in [6, 6.07) is 0.459. The molecule has 0 amide bonds. The van der Waals surface area contributed by atoms with Crippen LogP contribution in [0.15, 0.2) is 23.4 Å². The van der Waals surface area contributed by atoms with Gasteiger partial charge in [0.15, 0.2) is 0 Å². The summed E-state index contributed by atoms with van der Waals surface area (Å²) in [5.41, 5.74) is 2.20. The summed E-state index contributed by atoms with van der Waals surface area (Å²) in [4.78, 5) is 11.6. The maximum atomic E-state index is 11.6. The van der Waals surface area contributed by atoms with Crippen molar-refractivity contribution in [1.29, 1.82) is 0 Å². The Morgan fingerprint density at radius 3 is 3.00 bits per heavy atom. The van der Waals surface area contributed by atoms with Gasteiger partial charge in [0.2, 0.25) is 0 Å². The number of rotatable bonds is 5. The van der Waals surface area contributed by atoms with Crippen LogP contribution in [0.4, 0.5) is 0 Å². The standard InChI is InChI=1S/C15H22NO3/c1-2-19-15(17)11-12-5-3-4-6-14(12)16-13-7-9-18-10-8-13/h3-5,13,16H,2,6-11H2,1H3. The van der Waals surface area contributed by atoms with Crippen LogP contribution < -0.4 is 5.32 Å². The van der Waals surface area contributed by atoms with Crippen molar-refractivity contribution < 1.29 is 14.3 Å². The smallest absolute Gasteiger partial charge is 0.310 e. The number of hydrogen-bond donors (Lipinski definition) is 1. The Labute approximate surface area is 114 Å². The van der Waals surface area contributed by atoms with Gasteiger partial charge in [0.1, 0.15) is 0 Å². The lowest BCUT2D eigenvalue weighted by Gasteiger charge is -2.27. The minimum absolute atomic E-state index is 0.157. The van der Waals surface area contributed by atoms with E-state index >= 15 is 0 Å². The van der Waals surface area contributed by atoms with Gasteiger partial charge in [0, 0.05) is 25.0 Å². The number of esters is 1. The fourth-order valence-electron chi connectivity index (χ4n) is 2.37. The average Bonchev–Trinajstić information content (AvgIpc) is 2.42. The van der Waals surface area contributed by atoms with Crippen LogP contribution in [0.25, 0.3) is 0 Å². The van der Waals surface area contributed by atoms with E-state index in [2.05, 4.69) is 11.7 Å². The molecular formula is C15H22NO3. The van der Waals surface area contributed by atoms with Crippen LogP contribution in [0.1, 0.15) is 32.6 Å². The second kappa shape index (κ2) is 7.34. The molecule has 105 valence electrons. The van der Waals surface area contributed by atoms with Gasteiger partial charge in [0.05, 0.1) is 13.0 Å². The van der Waals surface area contributed by atoms with Gasteiger partial charge in [-0.05, 0) is 38.2 Å². The predicted molar refractivity (Wildman–Crippen MR) is 73.3 cm³/mol. The zero-order valence-corrected chi connectivity index (χ0v) is 11.5. The quantitative estimate of drug-likeness (QED) is 0.773. The topological polar surface area (TPSA) is 47.6 Å². The molecule has 0 aromatic heterocycles. The van der Waals surface area contributed by atoms with Crippen LogP contribution in [0.3, 0.4) is 0 Å². The summed E-state index contributed by atoms with van der Waals surface area (Å²) in [5, 5.41) is 3.56. The molecule has 1 N–H and O–H groups in total. The van der Waals surface area contributed by atoms with Crippen LogP contribution in [0.5, 0.6) is 0 Å². The van der Waals surface area contributed by atoms with Crippen LogP contribution in [-0.2, 0) is 14.3 Å². The molecule has 0 atom stereocenters. The Hall–Kier alpha value is -1.29. The number of carbonyl (C=O) groups is 1. The Morgan fingerprint density at radius 1 is 1.47 bits per heavy atom. The first-order chi connectivity index (χ1) is 9.29. The molecule has 0 bridgehead atoms. The summed E-state index contributed by atoms with van der Waals surface area (Å²) >= 11 is 0. The van der Waals surface area contributed by atoms with Gasteiger partial charge < -0.3 is 14.8 Å². The van der Waals surface area contributed by atoms with Gasteiger partial charge in [-0.25, -0.2) is 0 Å². The molecule has 1 aliphatic heterocycles. The van der Waals surface area contributed by atoms with E-state index in [0.717, 1.165) is 43.7 Å². The maximum Gasteiger partial charge on any atom is 0.310 e. The maximum absolute atomic E-state index is 11.6. The number of nitrogens with one attached hydrogen (secondary N) is 1. The van der Waals surface area contributed by atoms with Gasteiger partial charge in [-0.2, -0.15) is 0 Å². The molecular weight excluding hydrogens is 242 g/mol. The number of ether oxygens (including phenoxy) is 2. The predicted octanol–water partition coefficient (Wildman–Crippen LogP) is 2.13. The highest BCUT2D eigenvalue weighted by Gasteiger charge is 2.18. The largest absolute Gasteiger partial charge is 0.466 e. The van der Waals surface area contributed by atoms with E-state index in [1.807, 2.05) is 19.1 Å². The molecule has 0 saturated carbocycles. The molecule has 1 radical (unpaired) electrons. The Bertz CT molecular complexity index is 368. The third-order valence-electron chi connectivity index (χ3n) is 3.38. The van der Waals surface area contributed by atoms with Crippen LogP contribution in [0, 0.1) is 6.42 Å². The van der Waals surface area contributed by atoms with Crippen molar-refractivity contribution in [1.82, 2.24) is 5.32 Å². The van der Waals surface area contributed by atoms with Crippen molar-refractivity contribution in [3.63, 3.8) is 0 Å².